The van der Waals surface area contributed by atoms with Crippen LogP contribution in [0.25, 0.3) is 10.9 Å². The molecule has 1 aromatic carbocycles. The second kappa shape index (κ2) is 5.07. The number of aryl methyl sites for hydroxylation is 1. The van der Waals surface area contributed by atoms with Crippen LogP contribution in [0.2, 0.25) is 0 Å². The van der Waals surface area contributed by atoms with Crippen LogP contribution in [-0.2, 0) is 4.79 Å². The number of hydrogen-bond acceptors (Lipinski definition) is 3. The number of anilines is 1. The number of hydrogen-bond donors (Lipinski definition) is 2. The molecule has 1 aromatic heterocycles. The van der Waals surface area contributed by atoms with E-state index in [-0.39, 0.29) is 11.5 Å². The van der Waals surface area contributed by atoms with Gasteiger partial charge in [-0.3, -0.25) is 9.59 Å². The normalized spacial score (nSPS) is 11.6. The lowest BCUT2D eigenvalue weighted by molar-refractivity contribution is -0.124. The van der Waals surface area contributed by atoms with Crippen molar-refractivity contribution < 1.29 is 4.79 Å². The van der Waals surface area contributed by atoms with Gasteiger partial charge in [-0.25, -0.2) is 4.98 Å². The molecule has 20 heavy (non-hydrogen) atoms. The summed E-state index contributed by atoms with van der Waals surface area (Å²) in [5.74, 6) is 0.451. The Labute approximate surface area is 117 Å². The summed E-state index contributed by atoms with van der Waals surface area (Å²) >= 11 is 0. The summed E-state index contributed by atoms with van der Waals surface area (Å²) in [5.41, 5.74) is 0.367. The van der Waals surface area contributed by atoms with Crippen molar-refractivity contribution in [2.45, 2.75) is 34.1 Å². The molecule has 0 aliphatic rings. The molecule has 5 heteroatoms. The molecule has 0 radical (unpaired) electrons. The maximum atomic E-state index is 12.2. The van der Waals surface area contributed by atoms with Crippen LogP contribution in [0.3, 0.4) is 0 Å². The first kappa shape index (κ1) is 14.2. The SMILES string of the molecule is CCC(C)(C)C(=O)Nc1cccc2nc(C)[nH]c(=O)c12. The van der Waals surface area contributed by atoms with Crippen LogP contribution in [0.1, 0.15) is 33.0 Å². The van der Waals surface area contributed by atoms with Gasteiger partial charge in [-0.1, -0.05) is 26.8 Å². The predicted octanol–water partition coefficient (Wildman–Crippen LogP) is 2.61. The van der Waals surface area contributed by atoms with E-state index in [1.54, 1.807) is 25.1 Å². The molecule has 0 atom stereocenters. The molecule has 0 fully saturated rings. The number of aromatic amines is 1. The van der Waals surface area contributed by atoms with Crippen molar-refractivity contribution in [3.8, 4) is 0 Å². The van der Waals surface area contributed by atoms with Crippen molar-refractivity contribution in [3.63, 3.8) is 0 Å². The third-order valence-corrected chi connectivity index (χ3v) is 3.60. The fourth-order valence-electron chi connectivity index (χ4n) is 1.86. The maximum Gasteiger partial charge on any atom is 0.260 e. The monoisotopic (exact) mass is 273 g/mol. The summed E-state index contributed by atoms with van der Waals surface area (Å²) in [6, 6.07) is 5.26. The van der Waals surface area contributed by atoms with E-state index in [0.717, 1.165) is 6.42 Å². The molecule has 0 saturated heterocycles. The fraction of sp³-hybridized carbons (Fsp3) is 0.400. The van der Waals surface area contributed by atoms with Gasteiger partial charge in [-0.05, 0) is 25.5 Å². The molecular weight excluding hydrogens is 254 g/mol. The van der Waals surface area contributed by atoms with Gasteiger partial charge in [0, 0.05) is 5.41 Å². The maximum absolute atomic E-state index is 12.2. The first-order valence-corrected chi connectivity index (χ1v) is 6.66. The lowest BCUT2D eigenvalue weighted by Crippen LogP contribution is -2.30. The number of benzene rings is 1. The lowest BCUT2D eigenvalue weighted by Gasteiger charge is -2.21. The van der Waals surface area contributed by atoms with Crippen molar-refractivity contribution in [2.24, 2.45) is 5.41 Å². The number of rotatable bonds is 3. The Kier molecular flexibility index (Phi) is 3.61. The average molecular weight is 273 g/mol. The minimum Gasteiger partial charge on any atom is -0.325 e. The first-order valence-electron chi connectivity index (χ1n) is 6.66. The first-order chi connectivity index (χ1) is 9.35. The summed E-state index contributed by atoms with van der Waals surface area (Å²) in [4.78, 5) is 31.3. The highest BCUT2D eigenvalue weighted by molar-refractivity contribution is 6.02. The van der Waals surface area contributed by atoms with Crippen LogP contribution >= 0.6 is 0 Å². The summed E-state index contributed by atoms with van der Waals surface area (Å²) in [6.07, 6.45) is 0.720. The second-order valence-corrected chi connectivity index (χ2v) is 5.54. The fourth-order valence-corrected chi connectivity index (χ4v) is 1.86. The number of amides is 1. The Hall–Kier alpha value is -2.17. The molecule has 1 amide bonds. The standard InChI is InChI=1S/C15H19N3O2/c1-5-15(3,4)14(20)18-11-8-6-7-10-12(11)13(19)17-9(2)16-10/h6-8H,5H2,1-4H3,(H,18,20)(H,16,17,19). The lowest BCUT2D eigenvalue weighted by atomic mass is 9.89. The van der Waals surface area contributed by atoms with E-state index in [0.29, 0.717) is 22.4 Å². The van der Waals surface area contributed by atoms with E-state index in [2.05, 4.69) is 15.3 Å². The molecule has 2 rings (SSSR count). The predicted molar refractivity (Wildman–Crippen MR) is 79.8 cm³/mol. The Morgan fingerprint density at radius 3 is 2.75 bits per heavy atom. The Balaban J connectivity index is 2.51. The molecule has 0 spiro atoms. The quantitative estimate of drug-likeness (QED) is 0.902. The number of carbonyl (C=O) groups is 1. The third kappa shape index (κ3) is 2.57. The van der Waals surface area contributed by atoms with Crippen molar-refractivity contribution in [1.82, 2.24) is 9.97 Å². The van der Waals surface area contributed by atoms with Crippen LogP contribution in [0.5, 0.6) is 0 Å². The molecular formula is C15H19N3O2. The van der Waals surface area contributed by atoms with Crippen LogP contribution in [0, 0.1) is 12.3 Å². The summed E-state index contributed by atoms with van der Waals surface area (Å²) in [5, 5.41) is 3.25. The minimum absolute atomic E-state index is 0.104. The van der Waals surface area contributed by atoms with Crippen molar-refractivity contribution in [2.75, 3.05) is 5.32 Å². The summed E-state index contributed by atoms with van der Waals surface area (Å²) < 4.78 is 0. The Morgan fingerprint density at radius 1 is 1.40 bits per heavy atom. The molecule has 0 bridgehead atoms. The van der Waals surface area contributed by atoms with Gasteiger partial charge in [-0.15, -0.1) is 0 Å². The van der Waals surface area contributed by atoms with Gasteiger partial charge < -0.3 is 10.3 Å². The number of H-pyrrole nitrogens is 1. The topological polar surface area (TPSA) is 74.8 Å². The van der Waals surface area contributed by atoms with Gasteiger partial charge in [0.05, 0.1) is 16.6 Å². The minimum atomic E-state index is -0.479. The van der Waals surface area contributed by atoms with Gasteiger partial charge >= 0.3 is 0 Å². The van der Waals surface area contributed by atoms with Crippen molar-refractivity contribution in [1.29, 1.82) is 0 Å². The van der Waals surface area contributed by atoms with E-state index < -0.39 is 5.41 Å². The zero-order chi connectivity index (χ0) is 14.9. The number of fused-ring (bicyclic) bond motifs is 1. The number of nitrogens with one attached hydrogen (secondary N) is 2. The molecule has 2 aromatic rings. The molecule has 0 saturated carbocycles. The molecule has 0 unspecified atom stereocenters. The van der Waals surface area contributed by atoms with E-state index in [4.69, 9.17) is 0 Å². The summed E-state index contributed by atoms with van der Waals surface area (Å²) in [7, 11) is 0. The van der Waals surface area contributed by atoms with Crippen LogP contribution in [0.15, 0.2) is 23.0 Å². The highest BCUT2D eigenvalue weighted by Crippen LogP contribution is 2.24. The van der Waals surface area contributed by atoms with Crippen LogP contribution < -0.4 is 10.9 Å². The molecule has 5 nitrogen and oxygen atoms in total. The average Bonchev–Trinajstić information content (AvgIpc) is 2.38. The zero-order valence-corrected chi connectivity index (χ0v) is 12.2. The smallest absolute Gasteiger partial charge is 0.260 e. The molecule has 106 valence electrons. The zero-order valence-electron chi connectivity index (χ0n) is 12.2. The third-order valence-electron chi connectivity index (χ3n) is 3.60. The van der Waals surface area contributed by atoms with Gasteiger partial charge in [-0.2, -0.15) is 0 Å². The number of nitrogens with zero attached hydrogens (tertiary/aromatic N) is 1. The van der Waals surface area contributed by atoms with Gasteiger partial charge in [0.2, 0.25) is 5.91 Å². The second-order valence-electron chi connectivity index (χ2n) is 5.54. The van der Waals surface area contributed by atoms with Gasteiger partial charge in [0.25, 0.3) is 5.56 Å². The van der Waals surface area contributed by atoms with Crippen LogP contribution in [0.4, 0.5) is 5.69 Å². The number of carbonyl (C=O) groups excluding carboxylic acids is 1. The van der Waals surface area contributed by atoms with Gasteiger partial charge in [0.1, 0.15) is 5.82 Å². The highest BCUT2D eigenvalue weighted by Gasteiger charge is 2.26. The molecule has 2 N–H and O–H groups in total. The van der Waals surface area contributed by atoms with E-state index in [9.17, 15) is 9.59 Å². The van der Waals surface area contributed by atoms with Gasteiger partial charge in [0.15, 0.2) is 0 Å². The van der Waals surface area contributed by atoms with Crippen LogP contribution in [-0.4, -0.2) is 15.9 Å². The van der Waals surface area contributed by atoms with Crippen molar-refractivity contribution >= 4 is 22.5 Å². The van der Waals surface area contributed by atoms with E-state index in [1.165, 1.54) is 0 Å². The molecule has 0 aliphatic heterocycles. The van der Waals surface area contributed by atoms with E-state index >= 15 is 0 Å². The Bertz CT molecular complexity index is 717. The Morgan fingerprint density at radius 2 is 2.10 bits per heavy atom. The highest BCUT2D eigenvalue weighted by atomic mass is 16.2. The molecule has 1 heterocycles. The number of aromatic nitrogens is 2. The van der Waals surface area contributed by atoms with E-state index in [1.807, 2.05) is 20.8 Å². The van der Waals surface area contributed by atoms with Crippen molar-refractivity contribution in [3.05, 3.63) is 34.4 Å². The largest absolute Gasteiger partial charge is 0.325 e. The molecule has 0 aliphatic carbocycles. The summed E-state index contributed by atoms with van der Waals surface area (Å²) in [6.45, 7) is 7.44.